The molecule has 0 saturated heterocycles. The van der Waals surface area contributed by atoms with Crippen molar-refractivity contribution in [2.45, 2.75) is 58.8 Å². The summed E-state index contributed by atoms with van der Waals surface area (Å²) in [4.78, 5) is 0. The van der Waals surface area contributed by atoms with E-state index < -0.39 is 0 Å². The molecule has 0 unspecified atom stereocenters. The SMILES string of the molecule is CCCCCCCCNCCC.Cl. The van der Waals surface area contributed by atoms with E-state index in [1.807, 2.05) is 0 Å². The third-order valence-corrected chi connectivity index (χ3v) is 2.13. The Bertz CT molecular complexity index is 66.5. The summed E-state index contributed by atoms with van der Waals surface area (Å²) < 4.78 is 0. The molecule has 0 bridgehead atoms. The van der Waals surface area contributed by atoms with E-state index in [1.54, 1.807) is 0 Å². The van der Waals surface area contributed by atoms with Gasteiger partial charge >= 0.3 is 0 Å². The first-order valence-electron chi connectivity index (χ1n) is 5.62. The summed E-state index contributed by atoms with van der Waals surface area (Å²) in [6.07, 6.45) is 9.68. The summed E-state index contributed by atoms with van der Waals surface area (Å²) in [5.74, 6) is 0. The van der Waals surface area contributed by atoms with E-state index in [2.05, 4.69) is 19.2 Å². The normalized spacial score (nSPS) is 9.69. The molecule has 0 aliphatic carbocycles. The van der Waals surface area contributed by atoms with Gasteiger partial charge in [0, 0.05) is 0 Å². The molecule has 2 heteroatoms. The van der Waals surface area contributed by atoms with Gasteiger partial charge in [0.25, 0.3) is 0 Å². The van der Waals surface area contributed by atoms with E-state index in [1.165, 1.54) is 58.0 Å². The molecular formula is C11H26ClN. The van der Waals surface area contributed by atoms with E-state index in [-0.39, 0.29) is 12.4 Å². The van der Waals surface area contributed by atoms with Crippen molar-refractivity contribution in [1.29, 1.82) is 0 Å². The molecule has 0 aliphatic heterocycles. The number of nitrogens with one attached hydrogen (secondary N) is 1. The fraction of sp³-hybridized carbons (Fsp3) is 1.00. The Morgan fingerprint density at radius 3 is 1.92 bits per heavy atom. The topological polar surface area (TPSA) is 12.0 Å². The number of hydrogen-bond donors (Lipinski definition) is 1. The maximum atomic E-state index is 3.43. The first-order chi connectivity index (χ1) is 5.91. The predicted molar refractivity (Wildman–Crippen MR) is 63.8 cm³/mol. The van der Waals surface area contributed by atoms with Crippen molar-refractivity contribution < 1.29 is 0 Å². The van der Waals surface area contributed by atoms with Crippen molar-refractivity contribution in [1.82, 2.24) is 5.32 Å². The summed E-state index contributed by atoms with van der Waals surface area (Å²) in [5.41, 5.74) is 0. The minimum absolute atomic E-state index is 0. The maximum absolute atomic E-state index is 3.43. The molecule has 0 aromatic rings. The molecule has 13 heavy (non-hydrogen) atoms. The summed E-state index contributed by atoms with van der Waals surface area (Å²) in [6.45, 7) is 6.89. The molecule has 0 spiro atoms. The van der Waals surface area contributed by atoms with Crippen LogP contribution < -0.4 is 5.32 Å². The van der Waals surface area contributed by atoms with Gasteiger partial charge in [-0.1, -0.05) is 46.0 Å². The minimum atomic E-state index is 0. The average Bonchev–Trinajstić information content (AvgIpc) is 2.10. The molecule has 0 aromatic carbocycles. The Morgan fingerprint density at radius 1 is 0.692 bits per heavy atom. The third kappa shape index (κ3) is 15.0. The van der Waals surface area contributed by atoms with E-state index in [4.69, 9.17) is 0 Å². The van der Waals surface area contributed by atoms with Crippen LogP contribution in [0, 0.1) is 0 Å². The number of hydrogen-bond acceptors (Lipinski definition) is 1. The van der Waals surface area contributed by atoms with Crippen molar-refractivity contribution in [3.63, 3.8) is 0 Å². The maximum Gasteiger partial charge on any atom is -0.00489 e. The largest absolute Gasteiger partial charge is 0.317 e. The van der Waals surface area contributed by atoms with Crippen molar-refractivity contribution in [2.75, 3.05) is 13.1 Å². The van der Waals surface area contributed by atoms with Crippen LogP contribution in [0.1, 0.15) is 58.8 Å². The molecule has 0 amide bonds. The van der Waals surface area contributed by atoms with Crippen molar-refractivity contribution >= 4 is 12.4 Å². The van der Waals surface area contributed by atoms with Crippen LogP contribution in [0.4, 0.5) is 0 Å². The fourth-order valence-corrected chi connectivity index (χ4v) is 1.33. The summed E-state index contributed by atoms with van der Waals surface area (Å²) >= 11 is 0. The Balaban J connectivity index is 0. The van der Waals surface area contributed by atoms with Crippen LogP contribution in [0.2, 0.25) is 0 Å². The molecular weight excluding hydrogens is 182 g/mol. The van der Waals surface area contributed by atoms with Gasteiger partial charge in [-0.15, -0.1) is 12.4 Å². The molecule has 0 heterocycles. The summed E-state index contributed by atoms with van der Waals surface area (Å²) in [7, 11) is 0. The highest BCUT2D eigenvalue weighted by molar-refractivity contribution is 5.85. The van der Waals surface area contributed by atoms with Gasteiger partial charge in [-0.2, -0.15) is 0 Å². The quantitative estimate of drug-likeness (QED) is 0.568. The third-order valence-electron chi connectivity index (χ3n) is 2.13. The molecule has 82 valence electrons. The van der Waals surface area contributed by atoms with Gasteiger partial charge in [-0.25, -0.2) is 0 Å². The Hall–Kier alpha value is 0.250. The highest BCUT2D eigenvalue weighted by Crippen LogP contribution is 2.03. The molecule has 0 rings (SSSR count). The van der Waals surface area contributed by atoms with Crippen LogP contribution in [-0.2, 0) is 0 Å². The van der Waals surface area contributed by atoms with Gasteiger partial charge in [0.2, 0.25) is 0 Å². The first kappa shape index (κ1) is 15.7. The van der Waals surface area contributed by atoms with E-state index in [0.29, 0.717) is 0 Å². The second-order valence-electron chi connectivity index (χ2n) is 3.52. The Kier molecular flexibility index (Phi) is 17.8. The lowest BCUT2D eigenvalue weighted by atomic mass is 10.1. The van der Waals surface area contributed by atoms with Gasteiger partial charge in [0.1, 0.15) is 0 Å². The van der Waals surface area contributed by atoms with Crippen molar-refractivity contribution in [3.05, 3.63) is 0 Å². The molecule has 0 radical (unpaired) electrons. The van der Waals surface area contributed by atoms with E-state index in [0.717, 1.165) is 0 Å². The molecule has 0 aliphatic rings. The van der Waals surface area contributed by atoms with Crippen molar-refractivity contribution in [3.8, 4) is 0 Å². The lowest BCUT2D eigenvalue weighted by molar-refractivity contribution is 0.570. The van der Waals surface area contributed by atoms with Gasteiger partial charge in [0.15, 0.2) is 0 Å². The highest BCUT2D eigenvalue weighted by atomic mass is 35.5. The van der Waals surface area contributed by atoms with Gasteiger partial charge in [0.05, 0.1) is 0 Å². The van der Waals surface area contributed by atoms with Crippen LogP contribution in [0.3, 0.4) is 0 Å². The zero-order valence-electron chi connectivity index (χ0n) is 9.27. The second kappa shape index (κ2) is 14.8. The second-order valence-corrected chi connectivity index (χ2v) is 3.52. The summed E-state index contributed by atoms with van der Waals surface area (Å²) in [5, 5.41) is 3.43. The zero-order valence-corrected chi connectivity index (χ0v) is 10.1. The summed E-state index contributed by atoms with van der Waals surface area (Å²) in [6, 6.07) is 0. The van der Waals surface area contributed by atoms with Crippen LogP contribution in [0.15, 0.2) is 0 Å². The zero-order chi connectivity index (χ0) is 9.07. The first-order valence-corrected chi connectivity index (χ1v) is 5.62. The van der Waals surface area contributed by atoms with Crippen LogP contribution in [0.5, 0.6) is 0 Å². The molecule has 0 aromatic heterocycles. The fourth-order valence-electron chi connectivity index (χ4n) is 1.33. The predicted octanol–water partition coefficient (Wildman–Crippen LogP) is 3.77. The lowest BCUT2D eigenvalue weighted by Gasteiger charge is -2.02. The van der Waals surface area contributed by atoms with Crippen molar-refractivity contribution in [2.24, 2.45) is 0 Å². The van der Waals surface area contributed by atoms with Gasteiger partial charge in [-0.05, 0) is 25.9 Å². The Morgan fingerprint density at radius 2 is 1.31 bits per heavy atom. The highest BCUT2D eigenvalue weighted by Gasteiger charge is 1.88. The lowest BCUT2D eigenvalue weighted by Crippen LogP contribution is -2.15. The minimum Gasteiger partial charge on any atom is -0.317 e. The number of unbranched alkanes of at least 4 members (excludes halogenated alkanes) is 5. The van der Waals surface area contributed by atoms with Crippen LogP contribution >= 0.6 is 12.4 Å². The monoisotopic (exact) mass is 207 g/mol. The standard InChI is InChI=1S/C11H25N.ClH/c1-3-5-6-7-8-9-11-12-10-4-2;/h12H,3-11H2,1-2H3;1H. The molecule has 0 saturated carbocycles. The molecule has 1 nitrogen and oxygen atoms in total. The van der Waals surface area contributed by atoms with Gasteiger partial charge < -0.3 is 5.32 Å². The number of halogens is 1. The van der Waals surface area contributed by atoms with E-state index >= 15 is 0 Å². The van der Waals surface area contributed by atoms with Crippen LogP contribution in [0.25, 0.3) is 0 Å². The smallest absolute Gasteiger partial charge is 0.00489 e. The van der Waals surface area contributed by atoms with Gasteiger partial charge in [-0.3, -0.25) is 0 Å². The average molecular weight is 208 g/mol. The molecule has 1 N–H and O–H groups in total. The molecule has 0 fully saturated rings. The number of rotatable bonds is 9. The molecule has 0 atom stereocenters. The Labute approximate surface area is 90.1 Å². The van der Waals surface area contributed by atoms with Crippen LogP contribution in [-0.4, -0.2) is 13.1 Å². The van der Waals surface area contributed by atoms with E-state index in [9.17, 15) is 0 Å².